The molecule has 0 aromatic carbocycles. The molecule has 0 bridgehead atoms. The molecule has 18 N–H and O–H groups in total. The Morgan fingerprint density at radius 2 is 0.547 bits per heavy atom. The van der Waals surface area contributed by atoms with Gasteiger partial charge >= 0.3 is 23.9 Å². The van der Waals surface area contributed by atoms with Gasteiger partial charge in [0.25, 0.3) is 0 Å². The lowest BCUT2D eigenvalue weighted by Gasteiger charge is -2.23. The third-order valence-corrected chi connectivity index (χ3v) is 13.5. The highest BCUT2D eigenvalue weighted by molar-refractivity contribution is 7.79. The number of hydrogen-bond acceptors (Lipinski definition) is 38. The van der Waals surface area contributed by atoms with Crippen LogP contribution in [0, 0.1) is 0 Å². The van der Waals surface area contributed by atoms with Crippen LogP contribution in [0.3, 0.4) is 0 Å². The number of carbonyl (C=O) groups is 4. The van der Waals surface area contributed by atoms with Crippen molar-refractivity contribution in [2.75, 3.05) is 244 Å². The second kappa shape index (κ2) is 72.1. The Hall–Kier alpha value is -4.45. The van der Waals surface area contributed by atoms with Crippen molar-refractivity contribution < 1.29 is 199 Å². The summed E-state index contributed by atoms with van der Waals surface area (Å²) in [5.74, 6) is -2.73. The van der Waals surface area contributed by atoms with Crippen molar-refractivity contribution in [3.05, 3.63) is 50.6 Å². The molecule has 0 heterocycles. The van der Waals surface area contributed by atoms with Crippen LogP contribution in [-0.2, 0) is 101 Å². The summed E-state index contributed by atoms with van der Waals surface area (Å²) in [6.45, 7) is 13.0. The van der Waals surface area contributed by atoms with E-state index in [0.717, 1.165) is 39.0 Å². The van der Waals surface area contributed by atoms with Gasteiger partial charge in [0.1, 0.15) is 134 Å². The number of rotatable bonds is 72. The van der Waals surface area contributed by atoms with Crippen molar-refractivity contribution in [3.8, 4) is 0 Å². The minimum atomic E-state index is -5.17. The van der Waals surface area contributed by atoms with Crippen molar-refractivity contribution in [3.63, 3.8) is 0 Å². The van der Waals surface area contributed by atoms with E-state index >= 15 is 0 Å². The number of aliphatic hydroxyl groups excluding tert-OH is 15. The van der Waals surface area contributed by atoms with E-state index in [4.69, 9.17) is 109 Å². The van der Waals surface area contributed by atoms with Gasteiger partial charge in [0, 0.05) is 60.9 Å². The van der Waals surface area contributed by atoms with E-state index < -0.39 is 108 Å². The quantitative estimate of drug-likeness (QED) is 0.00511. The Kier molecular flexibility index (Phi) is 71.9. The van der Waals surface area contributed by atoms with E-state index in [-0.39, 0.29) is 218 Å². The van der Waals surface area contributed by atoms with Gasteiger partial charge in [-0.3, -0.25) is 8.42 Å². The summed E-state index contributed by atoms with van der Waals surface area (Å²) in [6.07, 6.45) is -6.64. The number of aliphatic hydroxyl groups is 15. The van der Waals surface area contributed by atoms with E-state index in [9.17, 15) is 75.3 Å². The van der Waals surface area contributed by atoms with E-state index in [2.05, 4.69) is 26.3 Å². The van der Waals surface area contributed by atoms with Crippen LogP contribution >= 0.6 is 0 Å². The first-order valence-electron chi connectivity index (χ1n) is 34.1. The van der Waals surface area contributed by atoms with Crippen molar-refractivity contribution in [1.82, 2.24) is 0 Å². The highest BCUT2D eigenvalue weighted by Crippen LogP contribution is 2.07. The number of hydrogen-bond donors (Lipinski definition) is 18. The van der Waals surface area contributed by atoms with Gasteiger partial charge < -0.3 is 171 Å². The van der Waals surface area contributed by atoms with Crippen molar-refractivity contribution in [1.29, 1.82) is 0 Å². The first kappa shape index (κ1) is 106. The molecule has 0 radical (unpaired) electrons. The Balaban J connectivity index is -0.00000202. The molecule has 0 aliphatic carbocycles. The minimum absolute atomic E-state index is 0.0322. The minimum Gasteiger partial charge on any atom is -0.759 e. The van der Waals surface area contributed by atoms with Crippen molar-refractivity contribution in [2.45, 2.75) is 92.5 Å². The average Bonchev–Trinajstić information content (AvgIpc) is 1.00. The summed E-state index contributed by atoms with van der Waals surface area (Å²) in [4.78, 5) is 47.3. The number of carbonyl (C=O) groups excluding carboxylic acids is 4. The molecule has 0 fully saturated rings. The van der Waals surface area contributed by atoms with Crippen LogP contribution in [0.4, 0.5) is 0 Å². The maximum Gasteiger partial charge on any atom is 0.330 e. The highest BCUT2D eigenvalue weighted by Gasteiger charge is 2.23. The molecule has 0 aromatic rings. The molecule has 12 unspecified atom stereocenters. The maximum atomic E-state index is 11.3. The molecule has 0 aliphatic rings. The van der Waals surface area contributed by atoms with E-state index in [1.807, 2.05) is 0 Å². The van der Waals surface area contributed by atoms with Crippen LogP contribution in [0.2, 0.25) is 0 Å². The van der Waals surface area contributed by atoms with Crippen LogP contribution in [0.25, 0.3) is 0 Å². The second-order valence-electron chi connectivity index (χ2n) is 23.3. The smallest absolute Gasteiger partial charge is 0.330 e. The molecule has 0 rings (SSSR count). The second-order valence-corrected chi connectivity index (χ2v) is 24.1. The summed E-state index contributed by atoms with van der Waals surface area (Å²) in [7, 11) is -5.17. The van der Waals surface area contributed by atoms with E-state index in [1.54, 1.807) is 0 Å². The lowest BCUT2D eigenvalue weighted by atomic mass is 10.2. The zero-order valence-corrected chi connectivity index (χ0v) is 61.2. The third kappa shape index (κ3) is 72.4. The van der Waals surface area contributed by atoms with Gasteiger partial charge in [0.15, 0.2) is 6.73 Å². The predicted octanol–water partition coefficient (Wildman–Crippen LogP) is -13.2. The zero-order valence-electron chi connectivity index (χ0n) is 60.4. The molecule has 0 aromatic heterocycles. The standard InChI is InChI=1S/C38H72N2O21.C26H47NO13.H2O4S/c1-3-37(51)60-23-33(49)21-58-35(25-54-16-30(46)14-40(7-11-43)8-12-44)26-56-19-32(48)20-57-28-36(59-22-34(50)24-61-38(52)4-2)27-55-18-31(47)17-53-15-29(45)13-39(5-9-41)6-10-42;1-3-25(33)39-16-22(31)6-13-36-19-24(38-14-7-23(32)17-40-26(34)4-2)18-35-12-5-21(30)15-37-20-27(8-10-28)9-11-29;1-5(2,3)4/h3-4,29-36,41-50H,1-2,5-28H2;3-4,21-24,28-32H,1-2,5-20H2;(H2,1,2,3,4)/p+1. The summed E-state index contributed by atoms with van der Waals surface area (Å²) < 4.78 is 115. The molecule has 0 amide bonds. The van der Waals surface area contributed by atoms with Crippen LogP contribution < -0.4 is 14.7 Å². The number of quaternary nitrogens is 3. The first-order chi connectivity index (χ1) is 50.5. The summed E-state index contributed by atoms with van der Waals surface area (Å²) in [6, 6.07) is 0. The van der Waals surface area contributed by atoms with Gasteiger partial charge in [-0.15, -0.1) is 0 Å². The van der Waals surface area contributed by atoms with Gasteiger partial charge in [0.2, 0.25) is 0 Å². The monoisotopic (exact) mass is 1570 g/mol. The summed E-state index contributed by atoms with van der Waals surface area (Å²) in [5, 5.41) is 147. The molecular formula is C64H122N3O38S+. The normalized spacial score (nSPS) is 15.1. The fourth-order valence-corrected chi connectivity index (χ4v) is 8.24. The molecule has 106 heavy (non-hydrogen) atoms. The topological polar surface area (TPSA) is 604 Å². The van der Waals surface area contributed by atoms with Crippen molar-refractivity contribution >= 4 is 34.3 Å². The number of ether oxygens (including phenoxy) is 15. The predicted molar refractivity (Wildman–Crippen MR) is 363 cm³/mol. The SMILES string of the molecule is C=CC(=O)OCC(O)CCOCC(COCCC(O)COC[NH+](CCO)CCO)OCCC(O)COC(=O)C=C.C=CC(=O)OCC(O)COC(COCC(O)COCC(O)C[NH+](CCO)CCO)COCC(O)COCC(COCC(O)C[NH+](CCO)CCO)OCC(O)COC(=O)C=C.O=S(=O)([O-])[O-]. The fraction of sp³-hybridized carbons (Fsp3) is 0.812. The van der Waals surface area contributed by atoms with Gasteiger partial charge in [0.05, 0.1) is 157 Å². The maximum absolute atomic E-state index is 11.3. The Bertz CT molecular complexity index is 2230. The molecule has 41 nitrogen and oxygen atoms in total. The van der Waals surface area contributed by atoms with Gasteiger partial charge in [-0.1, -0.05) is 26.3 Å². The Labute approximate surface area is 618 Å². The summed E-state index contributed by atoms with van der Waals surface area (Å²) >= 11 is 0. The third-order valence-electron chi connectivity index (χ3n) is 13.5. The molecule has 0 spiro atoms. The lowest BCUT2D eigenvalue weighted by molar-refractivity contribution is -0.920. The highest BCUT2D eigenvalue weighted by atomic mass is 32.3. The van der Waals surface area contributed by atoms with Crippen molar-refractivity contribution in [2.24, 2.45) is 0 Å². The number of nitrogens with one attached hydrogen (secondary N) is 3. The fourth-order valence-electron chi connectivity index (χ4n) is 8.24. The van der Waals surface area contributed by atoms with E-state index in [1.165, 1.54) is 0 Å². The van der Waals surface area contributed by atoms with Crippen LogP contribution in [0.1, 0.15) is 19.3 Å². The van der Waals surface area contributed by atoms with Crippen LogP contribution in [0.5, 0.6) is 0 Å². The molecule has 0 aliphatic heterocycles. The number of esters is 4. The first-order valence-corrected chi connectivity index (χ1v) is 35.5. The van der Waals surface area contributed by atoms with Gasteiger partial charge in [-0.05, 0) is 12.8 Å². The molecule has 626 valence electrons. The Morgan fingerprint density at radius 3 is 0.858 bits per heavy atom. The molecule has 42 heteroatoms. The average molecular weight is 1570 g/mol. The molecule has 12 atom stereocenters. The summed E-state index contributed by atoms with van der Waals surface area (Å²) in [5.41, 5.74) is 0. The lowest BCUT2D eigenvalue weighted by Crippen LogP contribution is -3.14. The molecular weight excluding hydrogens is 1450 g/mol. The molecule has 0 saturated heterocycles. The van der Waals surface area contributed by atoms with Gasteiger partial charge in [-0.25, -0.2) is 19.2 Å². The Morgan fingerprint density at radius 1 is 0.311 bits per heavy atom. The largest absolute Gasteiger partial charge is 0.759 e. The van der Waals surface area contributed by atoms with E-state index in [0.29, 0.717) is 45.7 Å². The van der Waals surface area contributed by atoms with Crippen LogP contribution in [-0.4, -0.2) is 435 Å². The van der Waals surface area contributed by atoms with Crippen LogP contribution in [0.15, 0.2) is 50.6 Å². The molecule has 0 saturated carbocycles. The zero-order chi connectivity index (χ0) is 80.2. The van der Waals surface area contributed by atoms with Gasteiger partial charge in [-0.2, -0.15) is 0 Å².